The Morgan fingerprint density at radius 3 is 2.30 bits per heavy atom. The maximum atomic E-state index is 5.51. The fourth-order valence-corrected chi connectivity index (χ4v) is 1.11. The summed E-state index contributed by atoms with van der Waals surface area (Å²) in [5.74, 6) is 0. The Kier molecular flexibility index (Phi) is 5.04. The van der Waals surface area contributed by atoms with Crippen LogP contribution in [0.5, 0.6) is 0 Å². The third kappa shape index (κ3) is 2.86. The van der Waals surface area contributed by atoms with E-state index in [0.29, 0.717) is 0 Å². The maximum Gasteiger partial charge on any atom is 0.232 e. The van der Waals surface area contributed by atoms with Crippen LogP contribution in [0.2, 0.25) is 0 Å². The van der Waals surface area contributed by atoms with Gasteiger partial charge in [-0.1, -0.05) is 0 Å². The summed E-state index contributed by atoms with van der Waals surface area (Å²) in [5, 5.41) is 0. The van der Waals surface area contributed by atoms with Crippen LogP contribution < -0.4 is 12.4 Å². The normalized spacial score (nSPS) is 20.0. The summed E-state index contributed by atoms with van der Waals surface area (Å²) in [6.07, 6.45) is 0. The van der Waals surface area contributed by atoms with Crippen LogP contribution in [0.3, 0.4) is 0 Å². The second-order valence-electron chi connectivity index (χ2n) is 2.44. The Morgan fingerprint density at radius 2 is 1.90 bits per heavy atom. The van der Waals surface area contributed by atoms with E-state index in [1.54, 1.807) is 5.67 Å². The smallest absolute Gasteiger partial charge is 0.232 e. The molecule has 0 saturated carbocycles. The summed E-state index contributed by atoms with van der Waals surface area (Å²) in [5.41, 5.74) is 1.65. The van der Waals surface area contributed by atoms with E-state index in [9.17, 15) is 0 Å². The molecule has 1 heterocycles. The first-order chi connectivity index (χ1) is 4.33. The molecular formula is C6H12Cl2N2. The fraction of sp³-hybridized carbons (Fsp3) is 0.833. The van der Waals surface area contributed by atoms with Crippen molar-refractivity contribution in [1.82, 2.24) is 4.90 Å². The molecule has 1 fully saturated rings. The van der Waals surface area contributed by atoms with Crippen LogP contribution in [0, 0.1) is 0 Å². The maximum absolute atomic E-state index is 5.51. The van der Waals surface area contributed by atoms with E-state index in [2.05, 4.69) is 16.5 Å². The number of nitrogens with zero attached hydrogens (tertiary/aromatic N) is 2. The van der Waals surface area contributed by atoms with E-state index >= 15 is 0 Å². The van der Waals surface area contributed by atoms with Gasteiger partial charge >= 0.3 is 0 Å². The summed E-state index contributed by atoms with van der Waals surface area (Å²) < 4.78 is 2.13. The van der Waals surface area contributed by atoms with Gasteiger partial charge in [0.2, 0.25) is 5.67 Å². The minimum absolute atomic E-state index is 0. The van der Waals surface area contributed by atoms with Crippen molar-refractivity contribution in [2.24, 2.45) is 0 Å². The monoisotopic (exact) mass is 182 g/mol. The lowest BCUT2D eigenvalue weighted by Gasteiger charge is -2.19. The van der Waals surface area contributed by atoms with E-state index in [4.69, 9.17) is 11.6 Å². The van der Waals surface area contributed by atoms with Gasteiger partial charge in [0, 0.05) is 0 Å². The second-order valence-corrected chi connectivity index (χ2v) is 2.63. The lowest BCUT2D eigenvalue weighted by molar-refractivity contribution is -0.532. The Bertz CT molecular complexity index is 115. The minimum Gasteiger partial charge on any atom is -1.00 e. The van der Waals surface area contributed by atoms with Crippen molar-refractivity contribution in [2.75, 3.05) is 33.2 Å². The zero-order valence-electron chi connectivity index (χ0n) is 6.06. The first-order valence-electron chi connectivity index (χ1n) is 3.19. The quantitative estimate of drug-likeness (QED) is 0.368. The predicted molar refractivity (Wildman–Crippen MR) is 39.4 cm³/mol. The second kappa shape index (κ2) is 4.94. The summed E-state index contributed by atoms with van der Waals surface area (Å²) in [6, 6.07) is 0. The number of likely N-dealkylation sites (N-methyl/N-ethyl adjacent to an activating group) is 1. The molecule has 1 saturated heterocycles. The van der Waals surface area contributed by atoms with Crippen LogP contribution in [-0.2, 0) is 0 Å². The lowest BCUT2D eigenvalue weighted by atomic mass is 10.4. The molecule has 0 bridgehead atoms. The van der Waals surface area contributed by atoms with Crippen LogP contribution in [0.15, 0.2) is 0 Å². The first kappa shape index (κ1) is 10.2. The molecule has 0 spiro atoms. The summed E-state index contributed by atoms with van der Waals surface area (Å²) in [6.45, 7) is 4.40. The standard InChI is InChI=1S/C6H12ClN2.ClH/c1-8-2-4-9(6-7)5-3-8;/h6H,2-5H2,1H3;1H/q+1;/p-1. The zero-order chi connectivity index (χ0) is 6.69. The average molecular weight is 183 g/mol. The molecule has 0 aromatic carbocycles. The molecule has 1 aliphatic heterocycles. The van der Waals surface area contributed by atoms with Gasteiger partial charge in [-0.15, -0.1) is 0 Å². The predicted octanol–water partition coefficient (Wildman–Crippen LogP) is -2.78. The highest BCUT2D eigenvalue weighted by Crippen LogP contribution is 1.91. The van der Waals surface area contributed by atoms with Crippen LogP contribution in [0.1, 0.15) is 0 Å². The van der Waals surface area contributed by atoms with Gasteiger partial charge in [-0.05, 0) is 18.6 Å². The van der Waals surface area contributed by atoms with Crippen molar-refractivity contribution in [3.8, 4) is 0 Å². The van der Waals surface area contributed by atoms with E-state index in [1.165, 1.54) is 0 Å². The molecule has 0 aromatic heterocycles. The molecule has 0 unspecified atom stereocenters. The third-order valence-electron chi connectivity index (χ3n) is 1.68. The molecule has 0 aliphatic carbocycles. The molecule has 0 radical (unpaired) electrons. The van der Waals surface area contributed by atoms with Gasteiger partial charge in [0.25, 0.3) is 0 Å². The molecule has 10 heavy (non-hydrogen) atoms. The SMILES string of the molecule is CN1CC[N+](=CCl)CC1.[Cl-]. The molecule has 2 nitrogen and oxygen atoms in total. The molecule has 60 valence electrons. The summed E-state index contributed by atoms with van der Waals surface area (Å²) >= 11 is 5.51. The van der Waals surface area contributed by atoms with Crippen molar-refractivity contribution in [2.45, 2.75) is 0 Å². The number of hydrogen-bond acceptors (Lipinski definition) is 1. The first-order valence-corrected chi connectivity index (χ1v) is 3.62. The van der Waals surface area contributed by atoms with Gasteiger partial charge in [0.05, 0.1) is 13.1 Å². The number of halogens is 2. The van der Waals surface area contributed by atoms with Crippen molar-refractivity contribution in [3.63, 3.8) is 0 Å². The van der Waals surface area contributed by atoms with Crippen LogP contribution >= 0.6 is 11.6 Å². The van der Waals surface area contributed by atoms with Crippen LogP contribution in [0.25, 0.3) is 0 Å². The summed E-state index contributed by atoms with van der Waals surface area (Å²) in [7, 11) is 2.13. The fourth-order valence-electron chi connectivity index (χ4n) is 0.920. The molecule has 0 N–H and O–H groups in total. The molecule has 1 rings (SSSR count). The average Bonchev–Trinajstić information content (AvgIpc) is 1.90. The van der Waals surface area contributed by atoms with E-state index in [1.807, 2.05) is 0 Å². The molecule has 0 atom stereocenters. The highest BCUT2D eigenvalue weighted by Gasteiger charge is 2.13. The zero-order valence-corrected chi connectivity index (χ0v) is 7.57. The Balaban J connectivity index is 0.000000810. The molecular weight excluding hydrogens is 171 g/mol. The molecule has 0 amide bonds. The van der Waals surface area contributed by atoms with Crippen LogP contribution in [0.4, 0.5) is 0 Å². The highest BCUT2D eigenvalue weighted by molar-refractivity contribution is 6.54. The third-order valence-corrected chi connectivity index (χ3v) is 1.95. The van der Waals surface area contributed by atoms with Gasteiger partial charge < -0.3 is 12.4 Å². The molecule has 0 aromatic rings. The van der Waals surface area contributed by atoms with E-state index in [0.717, 1.165) is 26.2 Å². The largest absolute Gasteiger partial charge is 1.00 e. The lowest BCUT2D eigenvalue weighted by Crippen LogP contribution is -3.00. The van der Waals surface area contributed by atoms with Gasteiger partial charge in [0.1, 0.15) is 0 Å². The Labute approximate surface area is 72.9 Å². The van der Waals surface area contributed by atoms with Gasteiger partial charge in [-0.25, -0.2) is 4.58 Å². The Morgan fingerprint density at radius 1 is 1.40 bits per heavy atom. The van der Waals surface area contributed by atoms with Gasteiger partial charge in [-0.2, -0.15) is 0 Å². The number of hydrogen-bond donors (Lipinski definition) is 0. The van der Waals surface area contributed by atoms with Crippen molar-refractivity contribution < 1.29 is 17.0 Å². The number of piperazine rings is 1. The highest BCUT2D eigenvalue weighted by atomic mass is 35.5. The van der Waals surface area contributed by atoms with E-state index in [-0.39, 0.29) is 12.4 Å². The van der Waals surface area contributed by atoms with Gasteiger partial charge in [-0.3, -0.25) is 4.90 Å². The molecule has 4 heteroatoms. The minimum atomic E-state index is 0. The van der Waals surface area contributed by atoms with Crippen LogP contribution in [-0.4, -0.2) is 48.4 Å². The van der Waals surface area contributed by atoms with Crippen molar-refractivity contribution in [1.29, 1.82) is 0 Å². The topological polar surface area (TPSA) is 6.25 Å². The van der Waals surface area contributed by atoms with Crippen molar-refractivity contribution >= 4 is 17.3 Å². The van der Waals surface area contributed by atoms with Crippen molar-refractivity contribution in [3.05, 3.63) is 0 Å². The number of rotatable bonds is 0. The molecule has 1 aliphatic rings. The summed E-state index contributed by atoms with van der Waals surface area (Å²) in [4.78, 5) is 2.30. The van der Waals surface area contributed by atoms with Gasteiger partial charge in [0.15, 0.2) is 13.1 Å². The van der Waals surface area contributed by atoms with E-state index < -0.39 is 0 Å². The Hall–Kier alpha value is 0.210.